The number of fused-ring (bicyclic) bond motifs is 3. The van der Waals surface area contributed by atoms with Crippen molar-refractivity contribution in [3.05, 3.63) is 53.7 Å². The maximum absolute atomic E-state index is 13.2. The van der Waals surface area contributed by atoms with Gasteiger partial charge in [-0.1, -0.05) is 6.07 Å². The lowest BCUT2D eigenvalue weighted by Gasteiger charge is -2.44. The molecule has 1 aromatic heterocycles. The maximum Gasteiger partial charge on any atom is 0.335 e. The molecule has 1 aromatic carbocycles. The van der Waals surface area contributed by atoms with Crippen LogP contribution >= 0.6 is 0 Å². The molecule has 4 heterocycles. The molecule has 8 heteroatoms. The van der Waals surface area contributed by atoms with Crippen molar-refractivity contribution in [3.63, 3.8) is 0 Å². The van der Waals surface area contributed by atoms with Crippen molar-refractivity contribution >= 4 is 17.6 Å². The van der Waals surface area contributed by atoms with Gasteiger partial charge in [0.1, 0.15) is 6.10 Å². The summed E-state index contributed by atoms with van der Waals surface area (Å²) in [6.45, 7) is 2.88. The largest absolute Gasteiger partial charge is 0.481 e. The van der Waals surface area contributed by atoms with Gasteiger partial charge in [0.25, 0.3) is 0 Å². The number of nitrogens with zero attached hydrogens (tertiary/aromatic N) is 2. The summed E-state index contributed by atoms with van der Waals surface area (Å²) in [6, 6.07) is 8.97. The average Bonchev–Trinajstić information content (AvgIpc) is 2.78. The van der Waals surface area contributed by atoms with Gasteiger partial charge < -0.3 is 19.9 Å². The number of carboxylic acids is 1. The molecule has 0 aliphatic carbocycles. The molecule has 2 atom stereocenters. The highest BCUT2D eigenvalue weighted by molar-refractivity contribution is 5.89. The van der Waals surface area contributed by atoms with Gasteiger partial charge >= 0.3 is 11.9 Å². The molecule has 30 heavy (non-hydrogen) atoms. The number of rotatable bonds is 7. The fourth-order valence-corrected chi connectivity index (χ4v) is 4.13. The van der Waals surface area contributed by atoms with E-state index in [0.29, 0.717) is 23.0 Å². The Kier molecular flexibility index (Phi) is 5.85. The van der Waals surface area contributed by atoms with Crippen molar-refractivity contribution in [2.75, 3.05) is 32.1 Å². The monoisotopic (exact) mass is 411 g/mol. The molecule has 3 saturated heterocycles. The fourth-order valence-electron chi connectivity index (χ4n) is 4.13. The fraction of sp³-hybridized carbons (Fsp3) is 0.409. The number of piperidine rings is 3. The van der Waals surface area contributed by atoms with Crippen LogP contribution in [0.5, 0.6) is 5.88 Å². The second kappa shape index (κ2) is 8.71. The highest BCUT2D eigenvalue weighted by atomic mass is 16.5. The molecule has 5 rings (SSSR count). The molecule has 158 valence electrons. The highest BCUT2D eigenvalue weighted by Crippen LogP contribution is 2.31. The lowest BCUT2D eigenvalue weighted by atomic mass is 9.86. The van der Waals surface area contributed by atoms with Gasteiger partial charge in [-0.2, -0.15) is 0 Å². The molecular formula is C22H25N3O5. The summed E-state index contributed by atoms with van der Waals surface area (Å²) in [5.41, 5.74) is 1.27. The Hall–Kier alpha value is -3.13. The van der Waals surface area contributed by atoms with Crippen LogP contribution in [0.2, 0.25) is 0 Å². The van der Waals surface area contributed by atoms with Crippen LogP contribution < -0.4 is 10.1 Å². The summed E-state index contributed by atoms with van der Waals surface area (Å²) >= 11 is 0. The van der Waals surface area contributed by atoms with E-state index < -0.39 is 18.0 Å². The Morgan fingerprint density at radius 1 is 1.23 bits per heavy atom. The Balaban J connectivity index is 1.57. The van der Waals surface area contributed by atoms with E-state index in [4.69, 9.17) is 9.47 Å². The smallest absolute Gasteiger partial charge is 0.335 e. The first kappa shape index (κ1) is 20.2. The first-order chi connectivity index (χ1) is 14.5. The molecule has 0 radical (unpaired) electrons. The summed E-state index contributed by atoms with van der Waals surface area (Å²) in [4.78, 5) is 31.0. The minimum Gasteiger partial charge on any atom is -0.481 e. The van der Waals surface area contributed by atoms with Gasteiger partial charge in [-0.25, -0.2) is 14.6 Å². The summed E-state index contributed by atoms with van der Waals surface area (Å²) in [6.07, 6.45) is 3.53. The third-order valence-electron chi connectivity index (χ3n) is 5.82. The lowest BCUT2D eigenvalue weighted by molar-refractivity contribution is -0.159. The molecule has 2 aromatic rings. The number of carbonyl (C=O) groups is 2. The molecule has 3 aliphatic rings. The van der Waals surface area contributed by atoms with Gasteiger partial charge in [0.2, 0.25) is 5.88 Å². The van der Waals surface area contributed by atoms with Crippen LogP contribution in [-0.2, 0) is 9.53 Å². The number of methoxy groups -OCH3 is 1. The van der Waals surface area contributed by atoms with Crippen molar-refractivity contribution in [2.45, 2.75) is 25.0 Å². The second-order valence-electron chi connectivity index (χ2n) is 7.71. The van der Waals surface area contributed by atoms with Crippen molar-refractivity contribution < 1.29 is 24.2 Å². The molecule has 8 nitrogen and oxygen atoms in total. The van der Waals surface area contributed by atoms with Crippen LogP contribution in [0.1, 0.15) is 34.8 Å². The Bertz CT molecular complexity index is 909. The third-order valence-corrected chi connectivity index (χ3v) is 5.82. The third kappa shape index (κ3) is 4.38. The number of carboxylic acid groups (broad SMARTS) is 1. The average molecular weight is 411 g/mol. The highest BCUT2D eigenvalue weighted by Gasteiger charge is 2.38. The molecule has 2 N–H and O–H groups in total. The number of aromatic nitrogens is 1. The molecule has 3 fully saturated rings. The first-order valence-corrected chi connectivity index (χ1v) is 10.1. The van der Waals surface area contributed by atoms with Gasteiger partial charge in [0, 0.05) is 30.1 Å². The molecule has 3 aliphatic heterocycles. The summed E-state index contributed by atoms with van der Waals surface area (Å²) in [5, 5.41) is 12.4. The Morgan fingerprint density at radius 2 is 2.03 bits per heavy atom. The van der Waals surface area contributed by atoms with E-state index in [1.54, 1.807) is 30.5 Å². The lowest BCUT2D eigenvalue weighted by Crippen LogP contribution is -2.52. The predicted molar refractivity (Wildman–Crippen MR) is 110 cm³/mol. The normalized spacial score (nSPS) is 23.4. The number of hydrogen-bond acceptors (Lipinski definition) is 7. The number of aromatic carboxylic acids is 1. The number of esters is 1. The zero-order valence-corrected chi connectivity index (χ0v) is 16.8. The number of nitrogens with one attached hydrogen (secondary N) is 1. The number of hydrogen-bond donors (Lipinski definition) is 2. The second-order valence-corrected chi connectivity index (χ2v) is 7.71. The van der Waals surface area contributed by atoms with E-state index in [1.165, 1.54) is 19.2 Å². The van der Waals surface area contributed by atoms with E-state index in [-0.39, 0.29) is 11.7 Å². The maximum atomic E-state index is 13.2. The standard InChI is InChI=1S/C22H25N3O5/c1-29-19-6-5-16(12-23-19)20(24-17-4-2-3-15(11-17)21(26)27)22(28)30-18-13-25-9-7-14(18)8-10-25/h2-6,11-12,14,18,20,24H,7-10,13H2,1H3,(H,26,27)/t18-,20?/m0/s1. The van der Waals surface area contributed by atoms with Crippen LogP contribution in [0.25, 0.3) is 0 Å². The van der Waals surface area contributed by atoms with E-state index in [2.05, 4.69) is 15.2 Å². The Labute approximate surface area is 174 Å². The van der Waals surface area contributed by atoms with Crippen molar-refractivity contribution in [1.82, 2.24) is 9.88 Å². The summed E-state index contributed by atoms with van der Waals surface area (Å²) in [7, 11) is 1.52. The number of benzene rings is 1. The van der Waals surface area contributed by atoms with Crippen molar-refractivity contribution in [2.24, 2.45) is 5.92 Å². The summed E-state index contributed by atoms with van der Waals surface area (Å²) < 4.78 is 11.0. The predicted octanol–water partition coefficient (Wildman–Crippen LogP) is 2.58. The number of carbonyl (C=O) groups excluding carboxylic acids is 1. The SMILES string of the molecule is COc1ccc(C(Nc2cccc(C(=O)O)c2)C(=O)O[C@H]2CN3CCC2CC3)cn1. The Morgan fingerprint density at radius 3 is 2.63 bits per heavy atom. The summed E-state index contributed by atoms with van der Waals surface area (Å²) in [5.74, 6) is -0.599. The zero-order chi connectivity index (χ0) is 21.1. The molecule has 2 bridgehead atoms. The topological polar surface area (TPSA) is 101 Å². The number of pyridine rings is 1. The van der Waals surface area contributed by atoms with Gasteiger partial charge in [-0.05, 0) is 56.1 Å². The van der Waals surface area contributed by atoms with Gasteiger partial charge in [-0.3, -0.25) is 4.90 Å². The van der Waals surface area contributed by atoms with Crippen LogP contribution in [-0.4, -0.2) is 59.8 Å². The van der Waals surface area contributed by atoms with E-state index in [1.807, 2.05) is 0 Å². The van der Waals surface area contributed by atoms with Gasteiger partial charge in [0.05, 0.1) is 12.7 Å². The van der Waals surface area contributed by atoms with Gasteiger partial charge in [0.15, 0.2) is 6.04 Å². The first-order valence-electron chi connectivity index (χ1n) is 10.1. The van der Waals surface area contributed by atoms with Crippen LogP contribution in [0.4, 0.5) is 5.69 Å². The quantitative estimate of drug-likeness (QED) is 0.671. The minimum absolute atomic E-state index is 0.124. The minimum atomic E-state index is -1.03. The van der Waals surface area contributed by atoms with E-state index in [9.17, 15) is 14.7 Å². The number of ether oxygens (including phenoxy) is 2. The molecular weight excluding hydrogens is 386 g/mol. The van der Waals surface area contributed by atoms with Crippen LogP contribution in [0.3, 0.4) is 0 Å². The molecule has 0 saturated carbocycles. The van der Waals surface area contributed by atoms with Crippen LogP contribution in [0.15, 0.2) is 42.6 Å². The zero-order valence-electron chi connectivity index (χ0n) is 16.8. The van der Waals surface area contributed by atoms with Crippen LogP contribution in [0, 0.1) is 5.92 Å². The van der Waals surface area contributed by atoms with Gasteiger partial charge in [-0.15, -0.1) is 0 Å². The molecule has 1 unspecified atom stereocenters. The van der Waals surface area contributed by atoms with Crippen molar-refractivity contribution in [1.29, 1.82) is 0 Å². The molecule has 0 spiro atoms. The van der Waals surface area contributed by atoms with Crippen molar-refractivity contribution in [3.8, 4) is 5.88 Å². The number of anilines is 1. The molecule has 0 amide bonds. The van der Waals surface area contributed by atoms with E-state index >= 15 is 0 Å². The van der Waals surface area contributed by atoms with E-state index in [0.717, 1.165) is 32.5 Å².